The van der Waals surface area contributed by atoms with Gasteiger partial charge in [-0.2, -0.15) is 0 Å². The molecule has 0 aliphatic carbocycles. The van der Waals surface area contributed by atoms with Crippen LogP contribution in [0.3, 0.4) is 0 Å². The van der Waals surface area contributed by atoms with Crippen LogP contribution >= 0.6 is 34.0 Å². The highest BCUT2D eigenvalue weighted by Crippen LogP contribution is 2.33. The predicted molar refractivity (Wildman–Crippen MR) is 121 cm³/mol. The molecule has 0 radical (unpaired) electrons. The molecule has 0 saturated heterocycles. The zero-order valence-electron chi connectivity index (χ0n) is 16.7. The molecule has 2 N–H and O–H groups in total. The van der Waals surface area contributed by atoms with E-state index in [1.807, 2.05) is 22.9 Å². The number of hydrogen-bond acceptors (Lipinski definition) is 11. The zero-order valence-corrected chi connectivity index (χ0v) is 19.2. The number of esters is 2. The van der Waals surface area contributed by atoms with Crippen molar-refractivity contribution in [2.45, 2.75) is 26.9 Å². The van der Waals surface area contributed by atoms with Gasteiger partial charge in [-0.25, -0.2) is 19.7 Å². The Morgan fingerprint density at radius 1 is 1.16 bits per heavy atom. The van der Waals surface area contributed by atoms with Crippen LogP contribution in [0.25, 0.3) is 20.1 Å². The summed E-state index contributed by atoms with van der Waals surface area (Å²) in [7, 11) is 0. The number of rotatable bonds is 7. The standard InChI is InChI=1S/C20H18N4O4S3/c1-3-27-20(26)16-10(2)15-17(21)23-13(24-19(15)31-16)8-28-14(25)7-11-9-30-18(22-11)12-5-4-6-29-12/h4-6,9H,3,7-8H2,1-2H3,(H2,21,23,24). The Balaban J connectivity index is 1.44. The van der Waals surface area contributed by atoms with Gasteiger partial charge in [0, 0.05) is 5.38 Å². The lowest BCUT2D eigenvalue weighted by molar-refractivity contribution is -0.144. The number of ether oxygens (including phenoxy) is 2. The normalized spacial score (nSPS) is 11.0. The molecule has 4 aromatic rings. The van der Waals surface area contributed by atoms with Gasteiger partial charge in [0.25, 0.3) is 0 Å². The van der Waals surface area contributed by atoms with Crippen molar-refractivity contribution >= 4 is 62.0 Å². The Morgan fingerprint density at radius 2 is 2.00 bits per heavy atom. The molecular formula is C20H18N4O4S3. The van der Waals surface area contributed by atoms with E-state index in [-0.39, 0.29) is 31.3 Å². The van der Waals surface area contributed by atoms with Crippen molar-refractivity contribution in [3.05, 3.63) is 44.9 Å². The Kier molecular flexibility index (Phi) is 6.25. The van der Waals surface area contributed by atoms with Crippen molar-refractivity contribution in [3.63, 3.8) is 0 Å². The number of carbonyl (C=O) groups excluding carboxylic acids is 2. The summed E-state index contributed by atoms with van der Waals surface area (Å²) in [6, 6.07) is 3.95. The van der Waals surface area contributed by atoms with Crippen LogP contribution in [0.2, 0.25) is 0 Å². The quantitative estimate of drug-likeness (QED) is 0.396. The molecule has 0 saturated carbocycles. The third kappa shape index (κ3) is 4.58. The van der Waals surface area contributed by atoms with Crippen molar-refractivity contribution in [1.82, 2.24) is 15.0 Å². The number of aryl methyl sites for hydroxylation is 1. The van der Waals surface area contributed by atoms with Crippen LogP contribution in [0.1, 0.15) is 33.7 Å². The number of carbonyl (C=O) groups is 2. The lowest BCUT2D eigenvalue weighted by Gasteiger charge is -2.05. The molecule has 0 bridgehead atoms. The number of nitrogens with two attached hydrogens (primary N) is 1. The first-order valence-corrected chi connectivity index (χ1v) is 11.9. The SMILES string of the molecule is CCOC(=O)c1sc2nc(COC(=O)Cc3csc(-c4cccs4)n3)nc(N)c2c1C. The van der Waals surface area contributed by atoms with E-state index in [4.69, 9.17) is 15.2 Å². The second kappa shape index (κ2) is 9.08. The number of thiophene rings is 2. The van der Waals surface area contributed by atoms with Gasteiger partial charge in [-0.05, 0) is 30.9 Å². The van der Waals surface area contributed by atoms with E-state index in [9.17, 15) is 9.59 Å². The van der Waals surface area contributed by atoms with Crippen LogP contribution in [0.15, 0.2) is 22.9 Å². The summed E-state index contributed by atoms with van der Waals surface area (Å²) in [5.74, 6) is -0.339. The van der Waals surface area contributed by atoms with E-state index in [2.05, 4.69) is 15.0 Å². The summed E-state index contributed by atoms with van der Waals surface area (Å²) in [5, 5.41) is 5.33. The van der Waals surface area contributed by atoms with E-state index in [1.54, 1.807) is 25.2 Å². The second-order valence-corrected chi connectivity index (χ2v) is 9.25. The van der Waals surface area contributed by atoms with Crippen LogP contribution in [-0.2, 0) is 27.3 Å². The van der Waals surface area contributed by atoms with E-state index < -0.39 is 11.9 Å². The van der Waals surface area contributed by atoms with Gasteiger partial charge in [-0.1, -0.05) is 6.07 Å². The first-order valence-electron chi connectivity index (χ1n) is 9.32. The van der Waals surface area contributed by atoms with Gasteiger partial charge in [0.1, 0.15) is 20.5 Å². The average Bonchev–Trinajstić information content (AvgIpc) is 3.47. The molecule has 4 rings (SSSR count). The first kappa shape index (κ1) is 21.3. The highest BCUT2D eigenvalue weighted by molar-refractivity contribution is 7.20. The fourth-order valence-electron chi connectivity index (χ4n) is 2.92. The van der Waals surface area contributed by atoms with Gasteiger partial charge in [0.2, 0.25) is 0 Å². The first-order chi connectivity index (χ1) is 15.0. The van der Waals surface area contributed by atoms with Crippen molar-refractivity contribution in [2.75, 3.05) is 12.3 Å². The molecule has 4 heterocycles. The maximum absolute atomic E-state index is 12.2. The van der Waals surface area contributed by atoms with Crippen LogP contribution in [0, 0.1) is 6.92 Å². The smallest absolute Gasteiger partial charge is 0.348 e. The summed E-state index contributed by atoms with van der Waals surface area (Å²) in [6.07, 6.45) is 0.0602. The summed E-state index contributed by atoms with van der Waals surface area (Å²) >= 11 is 4.28. The number of hydrogen-bond donors (Lipinski definition) is 1. The summed E-state index contributed by atoms with van der Waals surface area (Å²) < 4.78 is 10.4. The van der Waals surface area contributed by atoms with E-state index in [1.165, 1.54) is 22.7 Å². The molecule has 8 nitrogen and oxygen atoms in total. The minimum Gasteiger partial charge on any atom is -0.462 e. The highest BCUT2D eigenvalue weighted by Gasteiger charge is 2.21. The predicted octanol–water partition coefficient (Wildman–Crippen LogP) is 4.23. The van der Waals surface area contributed by atoms with Crippen LogP contribution in [-0.4, -0.2) is 33.5 Å². The highest BCUT2D eigenvalue weighted by atomic mass is 32.1. The monoisotopic (exact) mass is 474 g/mol. The zero-order chi connectivity index (χ0) is 22.0. The summed E-state index contributed by atoms with van der Waals surface area (Å²) in [4.78, 5) is 39.6. The van der Waals surface area contributed by atoms with Gasteiger partial charge < -0.3 is 15.2 Å². The Morgan fingerprint density at radius 3 is 2.74 bits per heavy atom. The molecule has 0 spiro atoms. The van der Waals surface area contributed by atoms with E-state index >= 15 is 0 Å². The topological polar surface area (TPSA) is 117 Å². The van der Waals surface area contributed by atoms with E-state index in [0.717, 1.165) is 9.88 Å². The summed E-state index contributed by atoms with van der Waals surface area (Å²) in [6.45, 7) is 3.69. The molecule has 0 atom stereocenters. The van der Waals surface area contributed by atoms with Crippen molar-refractivity contribution in [3.8, 4) is 9.88 Å². The second-order valence-electron chi connectivity index (χ2n) is 6.44. The largest absolute Gasteiger partial charge is 0.462 e. The molecule has 0 aliphatic heterocycles. The maximum atomic E-state index is 12.2. The van der Waals surface area contributed by atoms with Crippen molar-refractivity contribution in [1.29, 1.82) is 0 Å². The maximum Gasteiger partial charge on any atom is 0.348 e. The molecule has 0 unspecified atom stereocenters. The minimum atomic E-state index is -0.431. The average molecular weight is 475 g/mol. The van der Waals surface area contributed by atoms with Crippen LogP contribution in [0.5, 0.6) is 0 Å². The number of anilines is 1. The minimum absolute atomic E-state index is 0.0602. The lowest BCUT2D eigenvalue weighted by atomic mass is 10.2. The van der Waals surface area contributed by atoms with Crippen molar-refractivity contribution in [2.24, 2.45) is 0 Å². The fraction of sp³-hybridized carbons (Fsp3) is 0.250. The molecule has 4 aromatic heterocycles. The molecule has 0 fully saturated rings. The molecule has 0 aliphatic rings. The van der Waals surface area contributed by atoms with Gasteiger partial charge >= 0.3 is 11.9 Å². The van der Waals surface area contributed by atoms with Crippen molar-refractivity contribution < 1.29 is 19.1 Å². The number of thiazole rings is 1. The molecule has 31 heavy (non-hydrogen) atoms. The van der Waals surface area contributed by atoms with Gasteiger partial charge in [-0.15, -0.1) is 34.0 Å². The van der Waals surface area contributed by atoms with E-state index in [0.29, 0.717) is 26.4 Å². The number of fused-ring (bicyclic) bond motifs is 1. The molecular weight excluding hydrogens is 456 g/mol. The summed E-state index contributed by atoms with van der Waals surface area (Å²) in [5.41, 5.74) is 7.42. The molecule has 160 valence electrons. The Bertz CT molecular complexity index is 1250. The third-order valence-corrected chi connectivity index (χ3v) is 7.39. The number of nitrogen functional groups attached to an aromatic ring is 1. The van der Waals surface area contributed by atoms with Gasteiger partial charge in [-0.3, -0.25) is 4.79 Å². The van der Waals surface area contributed by atoms with Gasteiger partial charge in [0.15, 0.2) is 12.4 Å². The number of nitrogens with zero attached hydrogens (tertiary/aromatic N) is 3. The fourth-order valence-corrected chi connectivity index (χ4v) is 5.65. The Labute approximate surface area is 189 Å². The van der Waals surface area contributed by atoms with Crippen LogP contribution < -0.4 is 5.73 Å². The molecule has 11 heteroatoms. The van der Waals surface area contributed by atoms with Crippen LogP contribution in [0.4, 0.5) is 5.82 Å². The molecule has 0 amide bonds. The van der Waals surface area contributed by atoms with Gasteiger partial charge in [0.05, 0.1) is 29.0 Å². The third-order valence-electron chi connectivity index (χ3n) is 4.30. The lowest BCUT2D eigenvalue weighted by Crippen LogP contribution is -2.10. The molecule has 0 aromatic carbocycles. The number of aromatic nitrogens is 3. The Hall–Kier alpha value is -2.89.